The summed E-state index contributed by atoms with van der Waals surface area (Å²) in [6.07, 6.45) is 6.74. The maximum absolute atomic E-state index is 6.00. The van der Waals surface area contributed by atoms with Crippen LogP contribution in [0.1, 0.15) is 43.2 Å². The van der Waals surface area contributed by atoms with Gasteiger partial charge in [-0.15, -0.1) is 0 Å². The van der Waals surface area contributed by atoms with Crippen LogP contribution in [-0.4, -0.2) is 6.04 Å². The molecule has 1 aliphatic rings. The summed E-state index contributed by atoms with van der Waals surface area (Å²) in [5, 5.41) is 4.42. The van der Waals surface area contributed by atoms with E-state index in [0.29, 0.717) is 12.6 Å². The van der Waals surface area contributed by atoms with E-state index < -0.39 is 0 Å². The molecule has 0 amide bonds. The van der Waals surface area contributed by atoms with Crippen LogP contribution in [0.15, 0.2) is 48.5 Å². The van der Waals surface area contributed by atoms with E-state index in [-0.39, 0.29) is 0 Å². The quantitative estimate of drug-likeness (QED) is 0.772. The van der Waals surface area contributed by atoms with Crippen molar-refractivity contribution < 1.29 is 4.74 Å². The van der Waals surface area contributed by atoms with E-state index >= 15 is 0 Å². The highest BCUT2D eigenvalue weighted by Gasteiger charge is 2.12. The zero-order valence-electron chi connectivity index (χ0n) is 13.4. The molecule has 0 aromatic heterocycles. The van der Waals surface area contributed by atoms with Gasteiger partial charge in [-0.05, 0) is 48.2 Å². The van der Waals surface area contributed by atoms with Gasteiger partial charge in [-0.1, -0.05) is 55.1 Å². The summed E-state index contributed by atoms with van der Waals surface area (Å²) >= 11 is 6.00. The molecule has 2 aromatic rings. The van der Waals surface area contributed by atoms with Gasteiger partial charge in [-0.3, -0.25) is 0 Å². The molecule has 1 saturated carbocycles. The Morgan fingerprint density at radius 3 is 2.57 bits per heavy atom. The molecule has 3 heteroatoms. The lowest BCUT2D eigenvalue weighted by molar-refractivity contribution is 0.305. The summed E-state index contributed by atoms with van der Waals surface area (Å²) in [6, 6.07) is 16.8. The molecule has 1 N–H and O–H groups in total. The Bertz CT molecular complexity index is 623. The van der Waals surface area contributed by atoms with Gasteiger partial charge in [-0.2, -0.15) is 0 Å². The van der Waals surface area contributed by atoms with E-state index in [4.69, 9.17) is 16.3 Å². The molecule has 0 bridgehead atoms. The number of nitrogens with one attached hydrogen (secondary N) is 1. The van der Waals surface area contributed by atoms with Gasteiger partial charge in [0.2, 0.25) is 0 Å². The second-order valence-corrected chi connectivity index (χ2v) is 6.72. The minimum absolute atomic E-state index is 0.542. The first kappa shape index (κ1) is 16.4. The SMILES string of the molecule is Clc1cccc(COc2cccc(CNC3CCCCC3)c2)c1. The lowest BCUT2D eigenvalue weighted by Gasteiger charge is -2.23. The standard InChI is InChI=1S/C20H24ClNO/c21-18-8-4-7-17(12-18)15-23-20-11-5-6-16(13-20)14-22-19-9-2-1-3-10-19/h4-8,11-13,19,22H,1-3,9-10,14-15H2. The van der Waals surface area contributed by atoms with E-state index in [0.717, 1.165) is 22.9 Å². The molecule has 0 spiro atoms. The van der Waals surface area contributed by atoms with Gasteiger partial charge in [0, 0.05) is 17.6 Å². The lowest BCUT2D eigenvalue weighted by atomic mass is 9.95. The summed E-state index contributed by atoms with van der Waals surface area (Å²) in [5.41, 5.74) is 2.36. The van der Waals surface area contributed by atoms with Crippen LogP contribution in [0.5, 0.6) is 5.75 Å². The van der Waals surface area contributed by atoms with E-state index in [1.807, 2.05) is 30.3 Å². The molecule has 0 heterocycles. The van der Waals surface area contributed by atoms with Crippen LogP contribution >= 0.6 is 11.6 Å². The Morgan fingerprint density at radius 2 is 1.74 bits per heavy atom. The molecule has 23 heavy (non-hydrogen) atoms. The molecule has 0 radical (unpaired) electrons. The lowest BCUT2D eigenvalue weighted by Crippen LogP contribution is -2.30. The largest absolute Gasteiger partial charge is 0.489 e. The van der Waals surface area contributed by atoms with E-state index in [1.54, 1.807) is 0 Å². The van der Waals surface area contributed by atoms with Crippen molar-refractivity contribution in [3.8, 4) is 5.75 Å². The highest BCUT2D eigenvalue weighted by atomic mass is 35.5. The first-order valence-corrected chi connectivity index (χ1v) is 8.87. The molecule has 0 atom stereocenters. The number of benzene rings is 2. The number of halogens is 1. The minimum Gasteiger partial charge on any atom is -0.489 e. The van der Waals surface area contributed by atoms with Crippen molar-refractivity contribution in [3.05, 3.63) is 64.7 Å². The van der Waals surface area contributed by atoms with Crippen LogP contribution in [0.3, 0.4) is 0 Å². The Morgan fingerprint density at radius 1 is 0.957 bits per heavy atom. The fourth-order valence-electron chi connectivity index (χ4n) is 3.11. The van der Waals surface area contributed by atoms with Crippen LogP contribution in [0, 0.1) is 0 Å². The molecular formula is C20H24ClNO. The third kappa shape index (κ3) is 5.26. The van der Waals surface area contributed by atoms with Crippen LogP contribution in [0.25, 0.3) is 0 Å². The fraction of sp³-hybridized carbons (Fsp3) is 0.400. The molecule has 122 valence electrons. The Balaban J connectivity index is 1.52. The van der Waals surface area contributed by atoms with Gasteiger partial charge in [-0.25, -0.2) is 0 Å². The summed E-state index contributed by atoms with van der Waals surface area (Å²) < 4.78 is 5.89. The average Bonchev–Trinajstić information content (AvgIpc) is 2.60. The molecule has 1 aliphatic carbocycles. The van der Waals surface area contributed by atoms with Crippen molar-refractivity contribution in [1.29, 1.82) is 0 Å². The number of hydrogen-bond donors (Lipinski definition) is 1. The molecule has 0 saturated heterocycles. The Labute approximate surface area is 143 Å². The van der Waals surface area contributed by atoms with Gasteiger partial charge in [0.25, 0.3) is 0 Å². The van der Waals surface area contributed by atoms with Crippen LogP contribution in [0.4, 0.5) is 0 Å². The minimum atomic E-state index is 0.542. The zero-order valence-corrected chi connectivity index (χ0v) is 14.2. The topological polar surface area (TPSA) is 21.3 Å². The van der Waals surface area contributed by atoms with Crippen molar-refractivity contribution in [2.75, 3.05) is 0 Å². The van der Waals surface area contributed by atoms with Gasteiger partial charge < -0.3 is 10.1 Å². The molecule has 3 rings (SSSR count). The van der Waals surface area contributed by atoms with Crippen molar-refractivity contribution >= 4 is 11.6 Å². The fourth-order valence-corrected chi connectivity index (χ4v) is 3.32. The van der Waals surface area contributed by atoms with Crippen molar-refractivity contribution in [2.45, 2.75) is 51.3 Å². The van der Waals surface area contributed by atoms with Gasteiger partial charge in [0.05, 0.1) is 0 Å². The van der Waals surface area contributed by atoms with Crippen LogP contribution < -0.4 is 10.1 Å². The number of ether oxygens (including phenoxy) is 1. The Hall–Kier alpha value is -1.51. The molecule has 2 nitrogen and oxygen atoms in total. The molecular weight excluding hydrogens is 306 g/mol. The normalized spacial score (nSPS) is 15.5. The van der Waals surface area contributed by atoms with Gasteiger partial charge in [0.1, 0.15) is 12.4 Å². The highest BCUT2D eigenvalue weighted by molar-refractivity contribution is 6.30. The van der Waals surface area contributed by atoms with Crippen molar-refractivity contribution in [2.24, 2.45) is 0 Å². The van der Waals surface area contributed by atoms with Crippen molar-refractivity contribution in [1.82, 2.24) is 5.32 Å². The summed E-state index contributed by atoms with van der Waals surface area (Å²) in [4.78, 5) is 0. The molecule has 2 aromatic carbocycles. The highest BCUT2D eigenvalue weighted by Crippen LogP contribution is 2.20. The van der Waals surface area contributed by atoms with E-state index in [1.165, 1.54) is 37.7 Å². The average molecular weight is 330 g/mol. The summed E-state index contributed by atoms with van der Waals surface area (Å²) in [6.45, 7) is 1.46. The molecule has 1 fully saturated rings. The first-order valence-electron chi connectivity index (χ1n) is 8.49. The predicted octanol–water partition coefficient (Wildman–Crippen LogP) is 5.34. The van der Waals surface area contributed by atoms with Gasteiger partial charge in [0.15, 0.2) is 0 Å². The maximum atomic E-state index is 6.00. The van der Waals surface area contributed by atoms with E-state index in [2.05, 4.69) is 23.5 Å². The van der Waals surface area contributed by atoms with E-state index in [9.17, 15) is 0 Å². The third-order valence-electron chi connectivity index (χ3n) is 4.39. The molecule has 0 aliphatic heterocycles. The maximum Gasteiger partial charge on any atom is 0.120 e. The van der Waals surface area contributed by atoms with Crippen molar-refractivity contribution in [3.63, 3.8) is 0 Å². The second-order valence-electron chi connectivity index (χ2n) is 6.28. The Kier molecular flexibility index (Phi) is 5.95. The smallest absolute Gasteiger partial charge is 0.120 e. The predicted molar refractivity (Wildman–Crippen MR) is 95.9 cm³/mol. The molecule has 0 unspecified atom stereocenters. The summed E-state index contributed by atoms with van der Waals surface area (Å²) in [5.74, 6) is 0.910. The van der Waals surface area contributed by atoms with Gasteiger partial charge >= 0.3 is 0 Å². The summed E-state index contributed by atoms with van der Waals surface area (Å²) in [7, 11) is 0. The third-order valence-corrected chi connectivity index (χ3v) is 4.63. The van der Waals surface area contributed by atoms with Crippen LogP contribution in [-0.2, 0) is 13.2 Å². The monoisotopic (exact) mass is 329 g/mol. The zero-order chi connectivity index (χ0) is 15.9. The first-order chi connectivity index (χ1) is 11.3. The second kappa shape index (κ2) is 8.37. The number of hydrogen-bond acceptors (Lipinski definition) is 2. The number of rotatable bonds is 6. The van der Waals surface area contributed by atoms with Crippen LogP contribution in [0.2, 0.25) is 5.02 Å².